The van der Waals surface area contributed by atoms with E-state index in [1.54, 1.807) is 0 Å². The minimum Gasteiger partial charge on any atom is -0.462 e. The molecule has 0 saturated carbocycles. The van der Waals surface area contributed by atoms with Gasteiger partial charge in [0, 0.05) is 12.8 Å². The third-order valence-electron chi connectivity index (χ3n) is 7.40. The number of hydrogen-bond donors (Lipinski definition) is 1. The summed E-state index contributed by atoms with van der Waals surface area (Å²) in [4.78, 5) is 24.0. The first-order valence-corrected chi connectivity index (χ1v) is 16.6. The topological polar surface area (TPSA) is 72.8 Å². The summed E-state index contributed by atoms with van der Waals surface area (Å²) in [6.45, 7) is 4.12. The molecular formula is C33H64O5. The van der Waals surface area contributed by atoms with Crippen molar-refractivity contribution in [3.63, 3.8) is 0 Å². The molecule has 38 heavy (non-hydrogen) atoms. The van der Waals surface area contributed by atoms with Gasteiger partial charge in [-0.2, -0.15) is 0 Å². The van der Waals surface area contributed by atoms with Crippen molar-refractivity contribution in [3.05, 3.63) is 0 Å². The molecule has 5 nitrogen and oxygen atoms in total. The number of ether oxygens (including phenoxy) is 2. The van der Waals surface area contributed by atoms with E-state index >= 15 is 0 Å². The second-order valence-corrected chi connectivity index (χ2v) is 11.3. The van der Waals surface area contributed by atoms with E-state index in [1.807, 2.05) is 0 Å². The molecule has 0 saturated heterocycles. The van der Waals surface area contributed by atoms with E-state index in [-0.39, 0.29) is 25.2 Å². The third-order valence-corrected chi connectivity index (χ3v) is 7.40. The SMILES string of the molecule is CCCCCCCCCCCCCCCC(=O)OCC(CO)OC(=O)CCCCCCCCCCCCC. The van der Waals surface area contributed by atoms with E-state index in [2.05, 4.69) is 13.8 Å². The van der Waals surface area contributed by atoms with Gasteiger partial charge in [-0.3, -0.25) is 9.59 Å². The monoisotopic (exact) mass is 540 g/mol. The highest BCUT2D eigenvalue weighted by atomic mass is 16.6. The normalized spacial score (nSPS) is 12.0. The summed E-state index contributed by atoms with van der Waals surface area (Å²) >= 11 is 0. The molecule has 1 N–H and O–H groups in total. The van der Waals surface area contributed by atoms with Crippen molar-refractivity contribution in [2.24, 2.45) is 0 Å². The number of aliphatic hydroxyl groups excluding tert-OH is 1. The lowest BCUT2D eigenvalue weighted by Gasteiger charge is -2.15. The van der Waals surface area contributed by atoms with E-state index in [9.17, 15) is 14.7 Å². The van der Waals surface area contributed by atoms with E-state index in [0.29, 0.717) is 12.8 Å². The summed E-state index contributed by atoms with van der Waals surface area (Å²) in [6.07, 6.45) is 30.1. The molecule has 226 valence electrons. The van der Waals surface area contributed by atoms with Gasteiger partial charge in [-0.1, -0.05) is 155 Å². The zero-order valence-corrected chi connectivity index (χ0v) is 25.5. The molecule has 0 radical (unpaired) electrons. The Morgan fingerprint density at radius 3 is 1.16 bits per heavy atom. The standard InChI is InChI=1S/C33H64O5/c1-3-5-7-9-11-13-15-16-18-19-21-23-25-27-32(35)37-30-31(29-34)38-33(36)28-26-24-22-20-17-14-12-10-8-6-4-2/h31,34H,3-30H2,1-2H3. The predicted molar refractivity (Wildman–Crippen MR) is 159 cm³/mol. The summed E-state index contributed by atoms with van der Waals surface area (Å²) in [5.74, 6) is -0.583. The molecule has 1 unspecified atom stereocenters. The van der Waals surface area contributed by atoms with Gasteiger partial charge >= 0.3 is 11.9 Å². The summed E-state index contributed by atoms with van der Waals surface area (Å²) in [5.41, 5.74) is 0. The maximum atomic E-state index is 12.1. The lowest BCUT2D eigenvalue weighted by atomic mass is 10.0. The number of carbonyl (C=O) groups excluding carboxylic acids is 2. The molecule has 0 fully saturated rings. The summed E-state index contributed by atoms with van der Waals surface area (Å²) < 4.78 is 10.5. The second-order valence-electron chi connectivity index (χ2n) is 11.3. The van der Waals surface area contributed by atoms with Crippen molar-refractivity contribution in [1.82, 2.24) is 0 Å². The minimum absolute atomic E-state index is 0.0578. The number of rotatable bonds is 30. The van der Waals surface area contributed by atoms with Gasteiger partial charge in [0.25, 0.3) is 0 Å². The van der Waals surface area contributed by atoms with Crippen LogP contribution in [0.4, 0.5) is 0 Å². The van der Waals surface area contributed by atoms with Crippen LogP contribution in [0.15, 0.2) is 0 Å². The lowest BCUT2D eigenvalue weighted by molar-refractivity contribution is -0.161. The maximum absolute atomic E-state index is 12.1. The van der Waals surface area contributed by atoms with Gasteiger partial charge in [0.1, 0.15) is 6.61 Å². The van der Waals surface area contributed by atoms with Crippen LogP contribution in [-0.4, -0.2) is 36.4 Å². The fourth-order valence-electron chi connectivity index (χ4n) is 4.85. The van der Waals surface area contributed by atoms with Gasteiger partial charge in [0.05, 0.1) is 6.61 Å². The van der Waals surface area contributed by atoms with Gasteiger partial charge in [-0.15, -0.1) is 0 Å². The average Bonchev–Trinajstić information content (AvgIpc) is 2.92. The average molecular weight is 541 g/mol. The Labute approximate surface area is 236 Å². The highest BCUT2D eigenvalue weighted by Crippen LogP contribution is 2.14. The zero-order valence-electron chi connectivity index (χ0n) is 25.5. The molecule has 1 atom stereocenters. The largest absolute Gasteiger partial charge is 0.462 e. The van der Waals surface area contributed by atoms with Crippen molar-refractivity contribution in [2.75, 3.05) is 13.2 Å². The van der Waals surface area contributed by atoms with E-state index in [4.69, 9.17) is 9.47 Å². The summed E-state index contributed by atoms with van der Waals surface area (Å²) in [6, 6.07) is 0. The molecule has 0 aliphatic carbocycles. The number of carbonyl (C=O) groups is 2. The van der Waals surface area contributed by atoms with E-state index < -0.39 is 6.10 Å². The molecule has 0 spiro atoms. The van der Waals surface area contributed by atoms with Gasteiger partial charge in [0.2, 0.25) is 0 Å². The van der Waals surface area contributed by atoms with Crippen molar-refractivity contribution in [1.29, 1.82) is 0 Å². The Bertz CT molecular complexity index is 508. The molecule has 0 heterocycles. The fourth-order valence-corrected chi connectivity index (χ4v) is 4.85. The zero-order chi connectivity index (χ0) is 27.9. The van der Waals surface area contributed by atoms with Gasteiger partial charge < -0.3 is 14.6 Å². The highest BCUT2D eigenvalue weighted by molar-refractivity contribution is 5.70. The number of aliphatic hydroxyl groups is 1. The van der Waals surface area contributed by atoms with Crippen LogP contribution in [-0.2, 0) is 19.1 Å². The summed E-state index contributed by atoms with van der Waals surface area (Å²) in [5, 5.41) is 9.48. The number of esters is 2. The van der Waals surface area contributed by atoms with Crippen molar-refractivity contribution >= 4 is 11.9 Å². The predicted octanol–water partition coefficient (Wildman–Crippen LogP) is 9.62. The van der Waals surface area contributed by atoms with Crippen LogP contribution in [0.25, 0.3) is 0 Å². The molecule has 0 amide bonds. The number of hydrogen-bond acceptors (Lipinski definition) is 5. The Kier molecular flexibility index (Phi) is 29.6. The Balaban J connectivity index is 3.54. The molecule has 0 aromatic rings. The number of unbranched alkanes of at least 4 members (excludes halogenated alkanes) is 22. The quantitative estimate of drug-likeness (QED) is 0.0725. The van der Waals surface area contributed by atoms with E-state index in [0.717, 1.165) is 32.1 Å². The van der Waals surface area contributed by atoms with E-state index in [1.165, 1.54) is 122 Å². The molecule has 0 aliphatic heterocycles. The van der Waals surface area contributed by atoms with Crippen molar-refractivity contribution < 1.29 is 24.2 Å². The van der Waals surface area contributed by atoms with Crippen LogP contribution in [0.2, 0.25) is 0 Å². The first-order valence-electron chi connectivity index (χ1n) is 16.6. The first kappa shape index (κ1) is 36.9. The molecule has 0 aliphatic rings. The molecule has 0 rings (SSSR count). The van der Waals surface area contributed by atoms with Crippen LogP contribution < -0.4 is 0 Å². The Morgan fingerprint density at radius 2 is 0.816 bits per heavy atom. The second kappa shape index (κ2) is 30.4. The minimum atomic E-state index is -0.759. The maximum Gasteiger partial charge on any atom is 0.306 e. The van der Waals surface area contributed by atoms with Crippen LogP contribution in [0.1, 0.15) is 181 Å². The van der Waals surface area contributed by atoms with Gasteiger partial charge in [0.15, 0.2) is 6.10 Å². The van der Waals surface area contributed by atoms with Crippen LogP contribution >= 0.6 is 0 Å². The summed E-state index contributed by atoms with van der Waals surface area (Å²) in [7, 11) is 0. The van der Waals surface area contributed by atoms with Gasteiger partial charge in [-0.25, -0.2) is 0 Å². The highest BCUT2D eigenvalue weighted by Gasteiger charge is 2.16. The van der Waals surface area contributed by atoms with Gasteiger partial charge in [-0.05, 0) is 12.8 Å². The molecular weight excluding hydrogens is 476 g/mol. The van der Waals surface area contributed by atoms with Crippen LogP contribution in [0, 0.1) is 0 Å². The smallest absolute Gasteiger partial charge is 0.306 e. The van der Waals surface area contributed by atoms with Crippen molar-refractivity contribution in [2.45, 2.75) is 187 Å². The third kappa shape index (κ3) is 27.9. The molecule has 0 bridgehead atoms. The molecule has 0 aromatic heterocycles. The van der Waals surface area contributed by atoms with Crippen LogP contribution in [0.3, 0.4) is 0 Å². The van der Waals surface area contributed by atoms with Crippen LogP contribution in [0.5, 0.6) is 0 Å². The lowest BCUT2D eigenvalue weighted by Crippen LogP contribution is -2.28. The Hall–Kier alpha value is -1.10. The van der Waals surface area contributed by atoms with Crippen molar-refractivity contribution in [3.8, 4) is 0 Å². The molecule has 5 heteroatoms. The first-order chi connectivity index (χ1) is 18.6. The molecule has 0 aromatic carbocycles. The fraction of sp³-hybridized carbons (Fsp3) is 0.939. The Morgan fingerprint density at radius 1 is 0.500 bits per heavy atom.